The van der Waals surface area contributed by atoms with Gasteiger partial charge in [0, 0.05) is 50.6 Å². The van der Waals surface area contributed by atoms with Gasteiger partial charge < -0.3 is 34.6 Å². The third kappa shape index (κ3) is 9.60. The van der Waals surface area contributed by atoms with Crippen LogP contribution >= 0.6 is 0 Å². The Balaban J connectivity index is 1.11. The summed E-state index contributed by atoms with van der Waals surface area (Å²) in [6, 6.07) is 21.4. The molecule has 0 bridgehead atoms. The van der Waals surface area contributed by atoms with E-state index in [0.717, 1.165) is 55.9 Å². The first-order valence-corrected chi connectivity index (χ1v) is 21.8. The van der Waals surface area contributed by atoms with Gasteiger partial charge in [-0.25, -0.2) is 9.36 Å². The Labute approximate surface area is 378 Å². The van der Waals surface area contributed by atoms with E-state index in [9.17, 15) is 28.8 Å². The zero-order chi connectivity index (χ0) is 46.7. The number of rotatable bonds is 14. The van der Waals surface area contributed by atoms with Crippen LogP contribution in [0.3, 0.4) is 0 Å². The molecule has 2 aliphatic rings. The number of carbonyl (C=O) groups excluding carboxylic acids is 6. The Bertz CT molecular complexity index is 2660. The summed E-state index contributed by atoms with van der Waals surface area (Å²) in [4.78, 5) is 88.8. The van der Waals surface area contributed by atoms with Crippen LogP contribution in [0.4, 0.5) is 16.2 Å². The van der Waals surface area contributed by atoms with Crippen LogP contribution in [0.5, 0.6) is 11.5 Å². The van der Waals surface area contributed by atoms with Crippen LogP contribution < -0.4 is 20.1 Å². The van der Waals surface area contributed by atoms with Crippen molar-refractivity contribution in [3.8, 4) is 11.5 Å². The maximum Gasteiger partial charge on any atom is 0.419 e. The number of aromatic nitrogens is 1. The number of piperazine rings is 1. The van der Waals surface area contributed by atoms with Gasteiger partial charge >= 0.3 is 6.09 Å². The number of methoxy groups -OCH3 is 1. The van der Waals surface area contributed by atoms with Gasteiger partial charge in [-0.3, -0.25) is 28.9 Å². The lowest BCUT2D eigenvalue weighted by atomic mass is 9.96. The number of hydrogen-bond acceptors (Lipinski definition) is 11. The molecule has 1 aromatic heterocycles. The molecular formula is C50H56N6O9. The van der Waals surface area contributed by atoms with E-state index < -0.39 is 35.2 Å². The van der Waals surface area contributed by atoms with Crippen LogP contribution in [0.15, 0.2) is 78.9 Å². The second-order valence-corrected chi connectivity index (χ2v) is 17.5. The Morgan fingerprint density at radius 3 is 2.14 bits per heavy atom. The monoisotopic (exact) mass is 884 g/mol. The van der Waals surface area contributed by atoms with Crippen molar-refractivity contribution in [2.75, 3.05) is 64.6 Å². The summed E-state index contributed by atoms with van der Waals surface area (Å²) in [5.74, 6) is -1.31. The molecule has 7 rings (SSSR count). The highest BCUT2D eigenvalue weighted by Gasteiger charge is 2.37. The Morgan fingerprint density at radius 1 is 0.800 bits per heavy atom. The molecule has 0 spiro atoms. The number of nitrogens with zero attached hydrogens (tertiary/aromatic N) is 5. The number of unbranched alkanes of at least 4 members (excludes halogenated alkanes) is 2. The minimum absolute atomic E-state index is 0.0180. The highest BCUT2D eigenvalue weighted by molar-refractivity contribution is 6.22. The number of nitrogen functional groups attached to an aromatic ring is 1. The quantitative estimate of drug-likeness (QED) is 0.0512. The molecule has 1 fully saturated rings. The summed E-state index contributed by atoms with van der Waals surface area (Å²) in [7, 11) is 5.03. The van der Waals surface area contributed by atoms with Gasteiger partial charge in [-0.2, -0.15) is 0 Å². The summed E-state index contributed by atoms with van der Waals surface area (Å²) < 4.78 is 19.0. The minimum Gasteiger partial charge on any atom is -0.494 e. The Morgan fingerprint density at radius 2 is 1.48 bits per heavy atom. The number of benzene rings is 4. The van der Waals surface area contributed by atoms with Crippen LogP contribution in [0.1, 0.15) is 105 Å². The summed E-state index contributed by atoms with van der Waals surface area (Å²) in [5, 5.41) is 0.349. The number of ketones is 1. The number of anilines is 2. The number of imide groups is 1. The second-order valence-electron chi connectivity index (χ2n) is 17.5. The van der Waals surface area contributed by atoms with Gasteiger partial charge in [-0.05, 0) is 108 Å². The molecule has 0 unspecified atom stereocenters. The van der Waals surface area contributed by atoms with Gasteiger partial charge in [0.05, 0.1) is 65.1 Å². The van der Waals surface area contributed by atoms with Crippen molar-refractivity contribution in [3.63, 3.8) is 0 Å². The largest absolute Gasteiger partial charge is 0.494 e. The van der Waals surface area contributed by atoms with Crippen molar-refractivity contribution in [1.82, 2.24) is 19.3 Å². The molecule has 0 radical (unpaired) electrons. The zero-order valence-corrected chi connectivity index (χ0v) is 38.1. The second kappa shape index (κ2) is 19.0. The fourth-order valence-electron chi connectivity index (χ4n) is 8.25. The lowest BCUT2D eigenvalue weighted by Crippen LogP contribution is -2.47. The van der Waals surface area contributed by atoms with E-state index in [1.165, 1.54) is 28.7 Å². The van der Waals surface area contributed by atoms with E-state index in [-0.39, 0.29) is 57.4 Å². The molecule has 0 saturated carbocycles. The molecule has 15 heteroatoms. The van der Waals surface area contributed by atoms with Crippen molar-refractivity contribution in [2.24, 2.45) is 0 Å². The summed E-state index contributed by atoms with van der Waals surface area (Å²) >= 11 is 0. The van der Waals surface area contributed by atoms with Crippen molar-refractivity contribution in [2.45, 2.75) is 65.5 Å². The number of aryl methyl sites for hydroxylation is 1. The fourth-order valence-corrected chi connectivity index (χ4v) is 8.25. The van der Waals surface area contributed by atoms with Crippen LogP contribution in [0.2, 0.25) is 0 Å². The number of fused-ring (bicyclic) bond motifs is 2. The summed E-state index contributed by atoms with van der Waals surface area (Å²) in [5.41, 5.74) is 8.57. The molecule has 340 valence electrons. The summed E-state index contributed by atoms with van der Waals surface area (Å²) in [6.07, 6.45) is 2.06. The molecule has 0 aliphatic carbocycles. The highest BCUT2D eigenvalue weighted by Crippen LogP contribution is 2.37. The van der Waals surface area contributed by atoms with Crippen molar-refractivity contribution in [3.05, 3.63) is 118 Å². The first-order chi connectivity index (χ1) is 31.0. The van der Waals surface area contributed by atoms with Crippen LogP contribution in [0, 0.1) is 6.92 Å². The number of likely N-dealkylation sites (N-methyl/N-ethyl adjacent to an activating group) is 1. The molecule has 4 amide bonds. The normalized spacial score (nSPS) is 14.1. The molecule has 2 aliphatic heterocycles. The molecule has 15 nitrogen and oxygen atoms in total. The predicted octanol–water partition coefficient (Wildman–Crippen LogP) is 7.34. The molecule has 4 aromatic carbocycles. The number of amides is 4. The SMILES string of the molecule is COc1c(C(=O)c2cccc3c2cc(CN2C(=O)c4ccccc4C2=O)n3C(=O)OC(C)(C)C)ccc(C(=O)N(C)c2ccc(C)cc2OCCCCCC(=O)N2CCN(C)CC2)c1N. The van der Waals surface area contributed by atoms with E-state index in [0.29, 0.717) is 35.4 Å². The number of hydrogen-bond donors (Lipinski definition) is 1. The van der Waals surface area contributed by atoms with E-state index >= 15 is 0 Å². The van der Waals surface area contributed by atoms with Crippen LogP contribution in [-0.2, 0) is 16.1 Å². The highest BCUT2D eigenvalue weighted by atomic mass is 16.6. The Hall–Kier alpha value is -7.00. The number of ether oxygens (including phenoxy) is 3. The van der Waals surface area contributed by atoms with Crippen LogP contribution in [-0.4, -0.2) is 114 Å². The molecule has 1 saturated heterocycles. The molecule has 2 N–H and O–H groups in total. The zero-order valence-electron chi connectivity index (χ0n) is 38.1. The fraction of sp³-hybridized carbons (Fsp3) is 0.360. The van der Waals surface area contributed by atoms with Gasteiger partial charge in [0.25, 0.3) is 17.7 Å². The number of carbonyl (C=O) groups is 6. The van der Waals surface area contributed by atoms with Crippen molar-refractivity contribution < 1.29 is 43.0 Å². The van der Waals surface area contributed by atoms with Gasteiger partial charge in [0.1, 0.15) is 11.4 Å². The molecular weight excluding hydrogens is 829 g/mol. The first kappa shape index (κ1) is 46.0. The first-order valence-electron chi connectivity index (χ1n) is 21.8. The number of nitrogens with two attached hydrogens (primary N) is 1. The maximum absolute atomic E-state index is 14.6. The van der Waals surface area contributed by atoms with Gasteiger partial charge in [0.15, 0.2) is 11.5 Å². The molecule has 5 aromatic rings. The van der Waals surface area contributed by atoms with E-state index in [4.69, 9.17) is 19.9 Å². The van der Waals surface area contributed by atoms with Gasteiger partial charge in [0.2, 0.25) is 5.91 Å². The predicted molar refractivity (Wildman–Crippen MR) is 247 cm³/mol. The summed E-state index contributed by atoms with van der Waals surface area (Å²) in [6.45, 7) is 10.5. The minimum atomic E-state index is -0.895. The van der Waals surface area contributed by atoms with Gasteiger partial charge in [-0.1, -0.05) is 30.3 Å². The van der Waals surface area contributed by atoms with E-state index in [1.54, 1.807) is 82.4 Å². The molecule has 0 atom stereocenters. The van der Waals surface area contributed by atoms with E-state index in [2.05, 4.69) is 11.9 Å². The maximum atomic E-state index is 14.6. The topological polar surface area (TPSA) is 174 Å². The van der Waals surface area contributed by atoms with Crippen molar-refractivity contribution in [1.29, 1.82) is 0 Å². The van der Waals surface area contributed by atoms with Crippen LogP contribution in [0.25, 0.3) is 10.9 Å². The Kier molecular flexibility index (Phi) is 13.4. The lowest BCUT2D eigenvalue weighted by Gasteiger charge is -2.32. The standard InChI is InChI=1S/C50H56N6O9/c1-31-19-22-40(41(28-31)64-27-12-8-9-18-42(57)54-25-23-52(5)24-26-54)53(6)46(59)36-20-21-37(45(63-7)43(36)51)44(58)33-16-13-17-39-38(33)29-32(56(39)49(62)65-50(2,3)4)30-55-47(60)34-14-10-11-15-35(34)48(55)61/h10-11,13-17,19-22,28-29H,8-9,12,18,23-27,30,51H2,1-7H3. The third-order valence-electron chi connectivity index (χ3n) is 11.7. The van der Waals surface area contributed by atoms with E-state index in [1.807, 2.05) is 24.0 Å². The molecule has 65 heavy (non-hydrogen) atoms. The average molecular weight is 885 g/mol. The molecule has 3 heterocycles. The van der Waals surface area contributed by atoms with Gasteiger partial charge in [-0.15, -0.1) is 0 Å². The smallest absolute Gasteiger partial charge is 0.419 e. The third-order valence-corrected chi connectivity index (χ3v) is 11.7. The average Bonchev–Trinajstić information content (AvgIpc) is 3.77. The lowest BCUT2D eigenvalue weighted by molar-refractivity contribution is -0.132. The van der Waals surface area contributed by atoms with Crippen molar-refractivity contribution >= 4 is 57.8 Å².